The first-order valence-electron chi connectivity index (χ1n) is 7.05. The summed E-state index contributed by atoms with van der Waals surface area (Å²) in [7, 11) is -3.58. The van der Waals surface area contributed by atoms with Crippen LogP contribution in [0.15, 0.2) is 53.4 Å². The molecule has 120 valence electrons. The minimum atomic E-state index is -3.58. The normalized spacial score (nSPS) is 10.6. The first-order chi connectivity index (χ1) is 10.3. The standard InChI is InChI=1S/C10H15N.C6H8N2O2S/c1-2-3-4-9-5-7-10(11)8-6-9;7-5-1-3-6(4-2-5)11(8,9)10/h5-8H,2-4,11H2,1H3;1-4H,7H2,(H2,8,9,10). The molecular weight excluding hydrogens is 298 g/mol. The first kappa shape index (κ1) is 18.0. The first-order valence-corrected chi connectivity index (χ1v) is 8.60. The molecule has 0 heterocycles. The van der Waals surface area contributed by atoms with E-state index in [0.717, 1.165) is 5.69 Å². The Bertz CT molecular complexity index is 666. The fraction of sp³-hybridized carbons (Fsp3) is 0.250. The van der Waals surface area contributed by atoms with Crippen molar-refractivity contribution in [3.63, 3.8) is 0 Å². The Kier molecular flexibility index (Phi) is 6.88. The molecular formula is C16H23N3O2S. The topological polar surface area (TPSA) is 112 Å². The summed E-state index contributed by atoms with van der Waals surface area (Å²) in [6, 6.07) is 13.8. The quantitative estimate of drug-likeness (QED) is 0.751. The van der Waals surface area contributed by atoms with Crippen LogP contribution >= 0.6 is 0 Å². The average molecular weight is 321 g/mol. The molecule has 0 aliphatic heterocycles. The maximum atomic E-state index is 10.7. The van der Waals surface area contributed by atoms with Crippen molar-refractivity contribution in [1.82, 2.24) is 0 Å². The van der Waals surface area contributed by atoms with Crippen LogP contribution in [-0.4, -0.2) is 8.42 Å². The van der Waals surface area contributed by atoms with Gasteiger partial charge in [-0.15, -0.1) is 0 Å². The molecule has 0 atom stereocenters. The molecule has 0 saturated carbocycles. The van der Waals surface area contributed by atoms with Gasteiger partial charge in [-0.2, -0.15) is 0 Å². The van der Waals surface area contributed by atoms with Gasteiger partial charge in [0.05, 0.1) is 4.90 Å². The molecule has 0 spiro atoms. The lowest BCUT2D eigenvalue weighted by Gasteiger charge is -1.99. The van der Waals surface area contributed by atoms with E-state index in [4.69, 9.17) is 16.6 Å². The van der Waals surface area contributed by atoms with E-state index >= 15 is 0 Å². The lowest BCUT2D eigenvalue weighted by molar-refractivity contribution is 0.598. The molecule has 0 aromatic heterocycles. The smallest absolute Gasteiger partial charge is 0.238 e. The number of anilines is 2. The molecule has 6 heteroatoms. The maximum absolute atomic E-state index is 10.7. The van der Waals surface area contributed by atoms with E-state index in [1.807, 2.05) is 12.1 Å². The second-order valence-electron chi connectivity index (χ2n) is 4.96. The summed E-state index contributed by atoms with van der Waals surface area (Å²) in [5, 5.41) is 4.84. The summed E-state index contributed by atoms with van der Waals surface area (Å²) in [5.74, 6) is 0. The monoisotopic (exact) mass is 321 g/mol. The molecule has 2 aromatic rings. The van der Waals surface area contributed by atoms with E-state index in [0.29, 0.717) is 5.69 Å². The van der Waals surface area contributed by atoms with Crippen molar-refractivity contribution in [3.8, 4) is 0 Å². The second-order valence-corrected chi connectivity index (χ2v) is 6.52. The molecule has 2 rings (SSSR count). The number of nitrogens with two attached hydrogens (primary N) is 3. The van der Waals surface area contributed by atoms with Crippen molar-refractivity contribution < 1.29 is 8.42 Å². The van der Waals surface area contributed by atoms with Gasteiger partial charge in [0.15, 0.2) is 0 Å². The highest BCUT2D eigenvalue weighted by molar-refractivity contribution is 7.89. The zero-order valence-corrected chi connectivity index (χ0v) is 13.5. The molecule has 0 radical (unpaired) electrons. The Morgan fingerprint density at radius 1 is 0.864 bits per heavy atom. The number of aryl methyl sites for hydroxylation is 1. The third-order valence-corrected chi connectivity index (χ3v) is 3.94. The van der Waals surface area contributed by atoms with Gasteiger partial charge in [-0.3, -0.25) is 0 Å². The van der Waals surface area contributed by atoms with E-state index in [2.05, 4.69) is 19.1 Å². The highest BCUT2D eigenvalue weighted by atomic mass is 32.2. The summed E-state index contributed by atoms with van der Waals surface area (Å²) in [6.07, 6.45) is 3.70. The number of nitrogen functional groups attached to an aromatic ring is 2. The van der Waals surface area contributed by atoms with Crippen molar-refractivity contribution in [2.75, 3.05) is 11.5 Å². The summed E-state index contributed by atoms with van der Waals surface area (Å²) < 4.78 is 21.4. The van der Waals surface area contributed by atoms with E-state index < -0.39 is 10.0 Å². The van der Waals surface area contributed by atoms with Gasteiger partial charge in [0.1, 0.15) is 0 Å². The van der Waals surface area contributed by atoms with Gasteiger partial charge in [-0.05, 0) is 54.8 Å². The Morgan fingerprint density at radius 3 is 1.73 bits per heavy atom. The largest absolute Gasteiger partial charge is 0.399 e. The van der Waals surface area contributed by atoms with Crippen molar-refractivity contribution in [2.24, 2.45) is 5.14 Å². The van der Waals surface area contributed by atoms with E-state index in [1.165, 1.54) is 49.1 Å². The lowest BCUT2D eigenvalue weighted by Crippen LogP contribution is -2.11. The fourth-order valence-corrected chi connectivity index (χ4v) is 2.24. The Hall–Kier alpha value is -2.05. The summed E-state index contributed by atoms with van der Waals surface area (Å²) in [6.45, 7) is 2.21. The van der Waals surface area contributed by atoms with E-state index in [-0.39, 0.29) is 4.90 Å². The number of primary sulfonamides is 1. The zero-order valence-electron chi connectivity index (χ0n) is 12.7. The Labute approximate surface area is 132 Å². The number of unbranched alkanes of at least 4 members (excludes halogenated alkanes) is 1. The summed E-state index contributed by atoms with van der Waals surface area (Å²) in [5.41, 5.74) is 13.6. The van der Waals surface area contributed by atoms with Crippen molar-refractivity contribution in [2.45, 2.75) is 31.1 Å². The SMILES string of the molecule is CCCCc1ccc(N)cc1.Nc1ccc(S(N)(=O)=O)cc1. The number of sulfonamides is 1. The van der Waals surface area contributed by atoms with Gasteiger partial charge >= 0.3 is 0 Å². The van der Waals surface area contributed by atoms with Crippen LogP contribution in [0.4, 0.5) is 11.4 Å². The number of hydrogen-bond donors (Lipinski definition) is 3. The van der Waals surface area contributed by atoms with Crippen LogP contribution in [0.2, 0.25) is 0 Å². The van der Waals surface area contributed by atoms with E-state index in [9.17, 15) is 8.42 Å². The van der Waals surface area contributed by atoms with Crippen LogP contribution in [-0.2, 0) is 16.4 Å². The number of rotatable bonds is 4. The molecule has 0 amide bonds. The number of hydrogen-bond acceptors (Lipinski definition) is 4. The Balaban J connectivity index is 0.000000220. The average Bonchev–Trinajstić information content (AvgIpc) is 2.47. The van der Waals surface area contributed by atoms with Gasteiger partial charge in [-0.1, -0.05) is 25.5 Å². The van der Waals surface area contributed by atoms with Crippen LogP contribution in [0.3, 0.4) is 0 Å². The van der Waals surface area contributed by atoms with Gasteiger partial charge in [0.2, 0.25) is 10.0 Å². The van der Waals surface area contributed by atoms with Crippen LogP contribution in [0, 0.1) is 0 Å². The fourth-order valence-electron chi connectivity index (χ4n) is 1.72. The third-order valence-electron chi connectivity index (χ3n) is 3.01. The predicted octanol–water partition coefficient (Wildman–Crippen LogP) is 2.53. The maximum Gasteiger partial charge on any atom is 0.238 e. The molecule has 22 heavy (non-hydrogen) atoms. The summed E-state index contributed by atoms with van der Waals surface area (Å²) in [4.78, 5) is 0.0756. The summed E-state index contributed by atoms with van der Waals surface area (Å²) >= 11 is 0. The Morgan fingerprint density at radius 2 is 1.32 bits per heavy atom. The van der Waals surface area contributed by atoms with E-state index in [1.54, 1.807) is 0 Å². The van der Waals surface area contributed by atoms with Crippen LogP contribution in [0.25, 0.3) is 0 Å². The van der Waals surface area contributed by atoms with Crippen LogP contribution in [0.5, 0.6) is 0 Å². The molecule has 6 N–H and O–H groups in total. The minimum absolute atomic E-state index is 0.0756. The molecule has 5 nitrogen and oxygen atoms in total. The predicted molar refractivity (Wildman–Crippen MR) is 91.7 cm³/mol. The molecule has 0 unspecified atom stereocenters. The molecule has 0 aliphatic rings. The highest BCUT2D eigenvalue weighted by Crippen LogP contribution is 2.09. The molecule has 0 saturated heterocycles. The van der Waals surface area contributed by atoms with Gasteiger partial charge in [0, 0.05) is 11.4 Å². The number of benzene rings is 2. The van der Waals surface area contributed by atoms with Crippen LogP contribution in [0.1, 0.15) is 25.3 Å². The van der Waals surface area contributed by atoms with Crippen molar-refractivity contribution >= 4 is 21.4 Å². The second kappa shape index (κ2) is 8.41. The molecule has 0 aliphatic carbocycles. The minimum Gasteiger partial charge on any atom is -0.399 e. The van der Waals surface area contributed by atoms with Gasteiger partial charge < -0.3 is 11.5 Å². The zero-order chi connectivity index (χ0) is 16.6. The van der Waals surface area contributed by atoms with Gasteiger partial charge in [-0.25, -0.2) is 13.6 Å². The molecule has 0 bridgehead atoms. The lowest BCUT2D eigenvalue weighted by atomic mass is 10.1. The highest BCUT2D eigenvalue weighted by Gasteiger charge is 2.04. The van der Waals surface area contributed by atoms with Gasteiger partial charge in [0.25, 0.3) is 0 Å². The molecule has 2 aromatic carbocycles. The van der Waals surface area contributed by atoms with Crippen LogP contribution < -0.4 is 16.6 Å². The molecule has 0 fully saturated rings. The van der Waals surface area contributed by atoms with Crippen molar-refractivity contribution in [1.29, 1.82) is 0 Å². The van der Waals surface area contributed by atoms with Crippen molar-refractivity contribution in [3.05, 3.63) is 54.1 Å². The third kappa shape index (κ3) is 6.60.